The smallest absolute Gasteiger partial charge is 0.234 e. The summed E-state index contributed by atoms with van der Waals surface area (Å²) in [5.41, 5.74) is 5.77. The first-order valence-electron chi connectivity index (χ1n) is 9.40. The normalized spacial score (nSPS) is 15.2. The maximum absolute atomic E-state index is 5.46. The first-order valence-corrected chi connectivity index (χ1v) is 9.40. The molecule has 2 aliphatic heterocycles. The van der Waals surface area contributed by atoms with Crippen LogP contribution in [0.2, 0.25) is 0 Å². The molecule has 0 spiro atoms. The van der Waals surface area contributed by atoms with Gasteiger partial charge in [0, 0.05) is 30.8 Å². The predicted molar refractivity (Wildman–Crippen MR) is 102 cm³/mol. The third kappa shape index (κ3) is 2.44. The number of aromatic nitrogens is 6. The fourth-order valence-corrected chi connectivity index (χ4v) is 3.93. The first kappa shape index (κ1) is 16.5. The number of hydrogen-bond acceptors (Lipinski definition) is 7. The van der Waals surface area contributed by atoms with Crippen LogP contribution in [0, 0.1) is 0 Å². The average molecular weight is 390 g/mol. The van der Waals surface area contributed by atoms with Crippen LogP contribution in [-0.4, -0.2) is 49.8 Å². The molecule has 0 aliphatic carbocycles. The van der Waals surface area contributed by atoms with Crippen LogP contribution in [0.1, 0.15) is 23.1 Å². The van der Waals surface area contributed by atoms with Crippen molar-refractivity contribution < 1.29 is 14.0 Å². The second kappa shape index (κ2) is 6.02. The number of rotatable bonds is 3. The van der Waals surface area contributed by atoms with Gasteiger partial charge in [0.1, 0.15) is 17.8 Å². The van der Waals surface area contributed by atoms with Crippen molar-refractivity contribution in [1.82, 2.24) is 29.5 Å². The molecule has 0 radical (unpaired) electrons. The molecule has 0 N–H and O–H groups in total. The van der Waals surface area contributed by atoms with Gasteiger partial charge in [-0.25, -0.2) is 4.98 Å². The Bertz CT molecular complexity index is 1230. The van der Waals surface area contributed by atoms with E-state index in [4.69, 9.17) is 19.1 Å². The number of hydrogen-bond donors (Lipinski definition) is 0. The van der Waals surface area contributed by atoms with Crippen molar-refractivity contribution in [3.05, 3.63) is 47.9 Å². The summed E-state index contributed by atoms with van der Waals surface area (Å²) in [5, 5.41) is 8.89. The van der Waals surface area contributed by atoms with Gasteiger partial charge < -0.3 is 18.6 Å². The second-order valence-corrected chi connectivity index (χ2v) is 7.34. The van der Waals surface area contributed by atoms with E-state index in [0.717, 1.165) is 39.6 Å². The van der Waals surface area contributed by atoms with Gasteiger partial charge in [-0.3, -0.25) is 4.68 Å². The Morgan fingerprint density at radius 2 is 2.10 bits per heavy atom. The van der Waals surface area contributed by atoms with E-state index in [1.54, 1.807) is 7.11 Å². The number of nitrogens with zero attached hydrogens (tertiary/aromatic N) is 6. The molecule has 1 fully saturated rings. The number of imidazole rings is 1. The molecule has 0 atom stereocenters. The van der Waals surface area contributed by atoms with Crippen LogP contribution in [0.4, 0.5) is 0 Å². The molecule has 4 aromatic rings. The zero-order chi connectivity index (χ0) is 19.5. The van der Waals surface area contributed by atoms with Crippen LogP contribution < -0.4 is 4.74 Å². The van der Waals surface area contributed by atoms with E-state index >= 15 is 0 Å². The number of ether oxygens (including phenoxy) is 2. The minimum atomic E-state index is 0.176. The van der Waals surface area contributed by atoms with Gasteiger partial charge >= 0.3 is 0 Å². The molecule has 29 heavy (non-hydrogen) atoms. The molecule has 0 saturated carbocycles. The zero-order valence-corrected chi connectivity index (χ0v) is 16.0. The number of fused-ring (bicyclic) bond motifs is 5. The standard InChI is InChI=1S/C20H18N6O3/c1-25-7-11-5-16-18(19-22-20(29-24-19)12-8-28-9-12)21-10-26(16)15-4-3-13(27-2)6-14(15)17(11)23-25/h3-4,6-7,10,12H,5,8-9H2,1-2H3. The van der Waals surface area contributed by atoms with E-state index in [-0.39, 0.29) is 5.92 Å². The average Bonchev–Trinajstić information content (AvgIpc) is 3.38. The van der Waals surface area contributed by atoms with Crippen molar-refractivity contribution in [3.8, 4) is 34.2 Å². The number of benzene rings is 1. The van der Waals surface area contributed by atoms with Crippen molar-refractivity contribution in [2.45, 2.75) is 12.3 Å². The summed E-state index contributed by atoms with van der Waals surface area (Å²) in [6.45, 7) is 1.24. The summed E-state index contributed by atoms with van der Waals surface area (Å²) in [6.07, 6.45) is 4.51. The van der Waals surface area contributed by atoms with E-state index in [2.05, 4.69) is 19.7 Å². The van der Waals surface area contributed by atoms with E-state index < -0.39 is 0 Å². The highest BCUT2D eigenvalue weighted by Gasteiger charge is 2.30. The maximum atomic E-state index is 5.46. The van der Waals surface area contributed by atoms with E-state index in [9.17, 15) is 0 Å². The summed E-state index contributed by atoms with van der Waals surface area (Å²) < 4.78 is 20.1. The molecule has 146 valence electrons. The van der Waals surface area contributed by atoms with Crippen LogP contribution in [-0.2, 0) is 18.2 Å². The molecule has 1 aromatic carbocycles. The fourth-order valence-electron chi connectivity index (χ4n) is 3.93. The van der Waals surface area contributed by atoms with Crippen LogP contribution in [0.15, 0.2) is 35.2 Å². The second-order valence-electron chi connectivity index (χ2n) is 7.34. The molecule has 3 aromatic heterocycles. The zero-order valence-electron chi connectivity index (χ0n) is 16.0. The fraction of sp³-hybridized carbons (Fsp3) is 0.300. The van der Waals surface area contributed by atoms with Gasteiger partial charge in [0.2, 0.25) is 11.7 Å². The number of aryl methyl sites for hydroxylation is 1. The van der Waals surface area contributed by atoms with Gasteiger partial charge in [0.25, 0.3) is 0 Å². The van der Waals surface area contributed by atoms with Crippen LogP contribution in [0.5, 0.6) is 5.75 Å². The lowest BCUT2D eigenvalue weighted by molar-refractivity contribution is -0.00445. The summed E-state index contributed by atoms with van der Waals surface area (Å²) in [5.74, 6) is 2.07. The summed E-state index contributed by atoms with van der Waals surface area (Å²) in [6, 6.07) is 5.98. The molecular formula is C20H18N6O3. The Balaban J connectivity index is 1.53. The molecule has 9 heteroatoms. The Hall–Kier alpha value is -3.46. The lowest BCUT2D eigenvalue weighted by Gasteiger charge is -2.21. The third-order valence-electron chi connectivity index (χ3n) is 5.49. The molecular weight excluding hydrogens is 372 g/mol. The van der Waals surface area contributed by atoms with Gasteiger partial charge in [0.15, 0.2) is 0 Å². The van der Waals surface area contributed by atoms with Crippen LogP contribution in [0.25, 0.3) is 28.5 Å². The quantitative estimate of drug-likeness (QED) is 0.467. The van der Waals surface area contributed by atoms with Gasteiger partial charge in [-0.1, -0.05) is 5.16 Å². The van der Waals surface area contributed by atoms with Gasteiger partial charge in [-0.05, 0) is 18.2 Å². The van der Waals surface area contributed by atoms with Gasteiger partial charge in [0.05, 0.1) is 43.3 Å². The van der Waals surface area contributed by atoms with Gasteiger partial charge in [-0.2, -0.15) is 10.1 Å². The first-order chi connectivity index (χ1) is 14.2. The van der Waals surface area contributed by atoms with Crippen molar-refractivity contribution in [1.29, 1.82) is 0 Å². The van der Waals surface area contributed by atoms with Crippen molar-refractivity contribution in [2.24, 2.45) is 7.05 Å². The highest BCUT2D eigenvalue weighted by Crippen LogP contribution is 2.38. The predicted octanol–water partition coefficient (Wildman–Crippen LogP) is 2.35. The molecule has 5 heterocycles. The molecule has 0 bridgehead atoms. The highest BCUT2D eigenvalue weighted by molar-refractivity contribution is 5.77. The van der Waals surface area contributed by atoms with Gasteiger partial charge in [-0.15, -0.1) is 0 Å². The Morgan fingerprint density at radius 3 is 2.90 bits per heavy atom. The van der Waals surface area contributed by atoms with Crippen molar-refractivity contribution >= 4 is 0 Å². The largest absolute Gasteiger partial charge is 0.497 e. The Morgan fingerprint density at radius 1 is 1.21 bits per heavy atom. The lowest BCUT2D eigenvalue weighted by atomic mass is 10.0. The van der Waals surface area contributed by atoms with Crippen molar-refractivity contribution in [3.63, 3.8) is 0 Å². The summed E-state index contributed by atoms with van der Waals surface area (Å²) in [7, 11) is 3.60. The molecule has 0 unspecified atom stereocenters. The maximum Gasteiger partial charge on any atom is 0.234 e. The van der Waals surface area contributed by atoms with Crippen LogP contribution in [0.3, 0.4) is 0 Å². The van der Waals surface area contributed by atoms with E-state index in [0.29, 0.717) is 31.3 Å². The van der Waals surface area contributed by atoms with E-state index in [1.165, 1.54) is 0 Å². The minimum absolute atomic E-state index is 0.176. The highest BCUT2D eigenvalue weighted by atomic mass is 16.5. The SMILES string of the molecule is COc1ccc2c(c1)-c1nn(C)cc1Cc1c(-c3noc(C4COC4)n3)ncn1-2. The topological polar surface area (TPSA) is 93.0 Å². The lowest BCUT2D eigenvalue weighted by Crippen LogP contribution is -2.25. The third-order valence-corrected chi connectivity index (χ3v) is 5.49. The van der Waals surface area contributed by atoms with E-state index in [1.807, 2.05) is 42.5 Å². The molecule has 0 amide bonds. The molecule has 6 rings (SSSR count). The van der Waals surface area contributed by atoms with Crippen molar-refractivity contribution in [2.75, 3.05) is 20.3 Å². The molecule has 9 nitrogen and oxygen atoms in total. The Kier molecular flexibility index (Phi) is 3.42. The number of methoxy groups -OCH3 is 1. The summed E-state index contributed by atoms with van der Waals surface area (Å²) >= 11 is 0. The molecule has 2 aliphatic rings. The Labute approximate surface area is 165 Å². The minimum Gasteiger partial charge on any atom is -0.497 e. The summed E-state index contributed by atoms with van der Waals surface area (Å²) in [4.78, 5) is 9.22. The van der Waals surface area contributed by atoms with Crippen LogP contribution >= 0.6 is 0 Å². The molecule has 1 saturated heterocycles. The monoisotopic (exact) mass is 390 g/mol.